The van der Waals surface area contributed by atoms with Gasteiger partial charge in [0, 0.05) is 76.6 Å². The van der Waals surface area contributed by atoms with Crippen molar-refractivity contribution in [1.29, 1.82) is 0 Å². The highest BCUT2D eigenvalue weighted by atomic mass is 35.5. The number of fused-ring (bicyclic) bond motifs is 6. The highest BCUT2D eigenvalue weighted by Gasteiger charge is 2.52. The van der Waals surface area contributed by atoms with Crippen molar-refractivity contribution in [3.8, 4) is 147 Å². The first kappa shape index (κ1) is 75.2. The lowest BCUT2D eigenvalue weighted by molar-refractivity contribution is 0.00578. The Labute approximate surface area is 698 Å². The summed E-state index contributed by atoms with van der Waals surface area (Å²) in [6, 6.07) is 126. The SMILES string of the molecule is CC1(C)OB(c2cccc(-c3cc(-c4ccccc4)nc(-c4ccccc4)n3)c2)OC1(C)C.Clc1cccc(-c2nc(-c3ccccc3)nc(-c3cccc4c3oc3ccccc34)n2)c1.c1ccc(-c2cc(-c3cccc(-c4cccc(-c5nc(-c6ccccc6)nc(-c6cccc7c6oc6ccccc67)n5)c4)c3)nc(-c3ccccc3)n2)cc1. The number of furan rings is 2. The standard InChI is InChI=1S/C49H31N5O.C28H27BN2O2.C27H16ClN3O/c1-4-15-32(16-5-1)42-31-43(51-46(50-42)33-17-6-2-7-18-33)37-23-12-21-35(29-37)36-22-13-24-38(30-36)48-52-47(34-19-8-3-9-20-34)53-49(54-48)41-27-14-26-40-39-25-10-11-28-44(39)55-45(40)41;1-27(2)28(3,4)33-29(32-27)23-17-11-16-22(18-23)25-19-24(20-12-7-5-8-13-20)30-26(31-25)21-14-9-6-10-15-21;28-19-11-6-10-18(16-19)26-29-25(17-8-2-1-3-9-17)30-27(31-26)22-14-7-13-21-20-12-4-5-15-23(20)32-24(21)22/h1-31H;5-19H,1-4H3;1-16H. The molecule has 1 aliphatic heterocycles. The molecule has 6 aromatic heterocycles. The smallest absolute Gasteiger partial charge is 0.455 e. The minimum Gasteiger partial charge on any atom is -0.455 e. The summed E-state index contributed by atoms with van der Waals surface area (Å²) >= 11 is 6.25. The number of hydrogen-bond acceptors (Lipinski definition) is 14. The van der Waals surface area contributed by atoms with Crippen LogP contribution in [0.3, 0.4) is 0 Å². The molecular formula is C104H74BClN10O4. The van der Waals surface area contributed by atoms with Gasteiger partial charge in [0.2, 0.25) is 0 Å². The fourth-order valence-electron chi connectivity index (χ4n) is 14.8. The first-order chi connectivity index (χ1) is 58.8. The molecule has 0 amide bonds. The number of para-hydroxylation sites is 4. The summed E-state index contributed by atoms with van der Waals surface area (Å²) in [7, 11) is -0.418. The lowest BCUT2D eigenvalue weighted by Crippen LogP contribution is -2.41. The van der Waals surface area contributed by atoms with Crippen molar-refractivity contribution in [2.24, 2.45) is 0 Å². The summed E-state index contributed by atoms with van der Waals surface area (Å²) in [6.45, 7) is 8.28. The van der Waals surface area contributed by atoms with Gasteiger partial charge >= 0.3 is 7.12 Å². The van der Waals surface area contributed by atoms with Gasteiger partial charge in [-0.25, -0.2) is 49.8 Å². The van der Waals surface area contributed by atoms with Crippen molar-refractivity contribution in [3.63, 3.8) is 0 Å². The lowest BCUT2D eigenvalue weighted by Gasteiger charge is -2.32. The minimum absolute atomic E-state index is 0.385. The number of halogens is 1. The third kappa shape index (κ3) is 15.7. The molecule has 0 saturated carbocycles. The molecule has 14 nitrogen and oxygen atoms in total. The zero-order valence-electron chi connectivity index (χ0n) is 65.9. The Kier molecular flexibility index (Phi) is 20.5. The van der Waals surface area contributed by atoms with E-state index >= 15 is 0 Å². The summed E-state index contributed by atoms with van der Waals surface area (Å²) in [5.74, 6) is 4.81. The van der Waals surface area contributed by atoms with Gasteiger partial charge in [0.25, 0.3) is 0 Å². The molecule has 1 aliphatic rings. The van der Waals surface area contributed by atoms with Gasteiger partial charge in [-0.15, -0.1) is 0 Å². The van der Waals surface area contributed by atoms with E-state index in [1.54, 1.807) is 0 Å². The van der Waals surface area contributed by atoms with Gasteiger partial charge in [-0.3, -0.25) is 0 Å². The molecule has 14 aromatic carbocycles. The summed E-state index contributed by atoms with van der Waals surface area (Å²) in [4.78, 5) is 49.4. The van der Waals surface area contributed by atoms with E-state index in [1.165, 1.54) is 0 Å². The second-order valence-electron chi connectivity index (χ2n) is 30.2. The van der Waals surface area contributed by atoms with E-state index in [0.717, 1.165) is 150 Å². The Balaban J connectivity index is 0.000000126. The molecule has 1 saturated heterocycles. The fourth-order valence-corrected chi connectivity index (χ4v) is 15.0. The molecule has 120 heavy (non-hydrogen) atoms. The van der Waals surface area contributed by atoms with Crippen molar-refractivity contribution in [1.82, 2.24) is 49.8 Å². The van der Waals surface area contributed by atoms with Gasteiger partial charge in [0.05, 0.1) is 45.1 Å². The molecule has 0 bridgehead atoms. The molecule has 0 atom stereocenters. The zero-order valence-corrected chi connectivity index (χ0v) is 66.6. The van der Waals surface area contributed by atoms with Crippen LogP contribution in [-0.2, 0) is 9.31 Å². The van der Waals surface area contributed by atoms with Crippen LogP contribution in [0.4, 0.5) is 0 Å². The van der Waals surface area contributed by atoms with E-state index in [-0.39, 0.29) is 11.2 Å². The maximum Gasteiger partial charge on any atom is 0.494 e. The topological polar surface area (TPSA) is 174 Å². The highest BCUT2D eigenvalue weighted by molar-refractivity contribution is 6.62. The average Bonchev–Trinajstić information content (AvgIpc) is 1.60. The Hall–Kier alpha value is -14.9. The Morgan fingerprint density at radius 2 is 0.508 bits per heavy atom. The fraction of sp³-hybridized carbons (Fsp3) is 0.0577. The van der Waals surface area contributed by atoms with Gasteiger partial charge in [-0.1, -0.05) is 327 Å². The molecule has 1 fully saturated rings. The molecule has 0 unspecified atom stereocenters. The normalized spacial score (nSPS) is 12.8. The first-order valence-corrected chi connectivity index (χ1v) is 40.1. The summed E-state index contributed by atoms with van der Waals surface area (Å²) < 4.78 is 25.2. The van der Waals surface area contributed by atoms with Gasteiger partial charge in [-0.05, 0) is 111 Å². The molecule has 20 aromatic rings. The summed E-state index contributed by atoms with van der Waals surface area (Å²) in [5.41, 5.74) is 20.1. The molecule has 16 heteroatoms. The van der Waals surface area contributed by atoms with Gasteiger partial charge in [0.1, 0.15) is 22.3 Å². The van der Waals surface area contributed by atoms with Crippen LogP contribution in [-0.4, -0.2) is 68.2 Å². The van der Waals surface area contributed by atoms with E-state index in [0.29, 0.717) is 51.6 Å². The molecule has 21 rings (SSSR count). The van der Waals surface area contributed by atoms with Crippen molar-refractivity contribution in [2.75, 3.05) is 0 Å². The number of hydrogen-bond donors (Lipinski definition) is 0. The predicted octanol–water partition coefficient (Wildman–Crippen LogP) is 25.4. The third-order valence-corrected chi connectivity index (χ3v) is 21.9. The van der Waals surface area contributed by atoms with E-state index in [9.17, 15) is 0 Å². The Bertz CT molecular complexity index is 7010. The van der Waals surface area contributed by atoms with E-state index in [2.05, 4.69) is 137 Å². The molecule has 0 radical (unpaired) electrons. The van der Waals surface area contributed by atoms with E-state index in [4.69, 9.17) is 79.6 Å². The first-order valence-electron chi connectivity index (χ1n) is 39.7. The maximum absolute atomic E-state index is 6.41. The van der Waals surface area contributed by atoms with Crippen LogP contribution in [0.25, 0.3) is 191 Å². The van der Waals surface area contributed by atoms with Crippen molar-refractivity contribution in [2.45, 2.75) is 38.9 Å². The molecule has 0 spiro atoms. The minimum atomic E-state index is -0.418. The number of aromatic nitrogens is 10. The summed E-state index contributed by atoms with van der Waals surface area (Å²) in [6.07, 6.45) is 0. The number of benzene rings is 14. The van der Waals surface area contributed by atoms with Gasteiger partial charge < -0.3 is 18.1 Å². The average molecular weight is 1570 g/mol. The molecular weight excluding hydrogens is 1500 g/mol. The second kappa shape index (κ2) is 32.7. The van der Waals surface area contributed by atoms with Crippen LogP contribution in [0.1, 0.15) is 27.7 Å². The predicted molar refractivity (Wildman–Crippen MR) is 483 cm³/mol. The van der Waals surface area contributed by atoms with Gasteiger partial charge in [0.15, 0.2) is 46.6 Å². The second-order valence-corrected chi connectivity index (χ2v) is 30.6. The quantitative estimate of drug-likeness (QED) is 0.0941. The van der Waals surface area contributed by atoms with E-state index < -0.39 is 7.12 Å². The van der Waals surface area contributed by atoms with Crippen molar-refractivity contribution < 1.29 is 18.1 Å². The molecule has 0 N–H and O–H groups in total. The van der Waals surface area contributed by atoms with Crippen LogP contribution in [0.2, 0.25) is 5.02 Å². The Morgan fingerprint density at radius 3 is 0.925 bits per heavy atom. The lowest BCUT2D eigenvalue weighted by atomic mass is 9.78. The third-order valence-electron chi connectivity index (χ3n) is 21.7. The monoisotopic (exact) mass is 1570 g/mol. The van der Waals surface area contributed by atoms with Crippen LogP contribution >= 0.6 is 11.6 Å². The van der Waals surface area contributed by atoms with Gasteiger partial charge in [-0.2, -0.15) is 0 Å². The largest absolute Gasteiger partial charge is 0.494 e. The zero-order chi connectivity index (χ0) is 81.1. The molecule has 574 valence electrons. The van der Waals surface area contributed by atoms with E-state index in [1.807, 2.05) is 267 Å². The van der Waals surface area contributed by atoms with Crippen LogP contribution in [0.5, 0.6) is 0 Å². The van der Waals surface area contributed by atoms with Crippen LogP contribution in [0.15, 0.2) is 385 Å². The maximum atomic E-state index is 6.41. The summed E-state index contributed by atoms with van der Waals surface area (Å²) in [5, 5.41) is 4.81. The van der Waals surface area contributed by atoms with Crippen molar-refractivity contribution >= 4 is 68.1 Å². The Morgan fingerprint density at radius 1 is 0.225 bits per heavy atom. The number of rotatable bonds is 14. The molecule has 7 heterocycles. The van der Waals surface area contributed by atoms with Crippen LogP contribution < -0.4 is 5.46 Å². The molecule has 0 aliphatic carbocycles. The van der Waals surface area contributed by atoms with Crippen LogP contribution in [0, 0.1) is 0 Å². The van der Waals surface area contributed by atoms with Crippen molar-refractivity contribution in [3.05, 3.63) is 381 Å². The highest BCUT2D eigenvalue weighted by Crippen LogP contribution is 2.42. The number of nitrogens with zero attached hydrogens (tertiary/aromatic N) is 10.